The van der Waals surface area contributed by atoms with Crippen molar-refractivity contribution in [3.8, 4) is 11.8 Å². The number of ketones is 1. The molecule has 2 aromatic rings. The molecule has 1 heterocycles. The topological polar surface area (TPSA) is 53.3 Å². The molecule has 1 aliphatic heterocycles. The van der Waals surface area contributed by atoms with Crippen LogP contribution >= 0.6 is 0 Å². The van der Waals surface area contributed by atoms with E-state index in [4.69, 9.17) is 4.74 Å². The molecule has 0 bridgehead atoms. The number of benzene rings is 2. The number of anilines is 1. The van der Waals surface area contributed by atoms with E-state index in [1.807, 2.05) is 66.5 Å². The largest absolute Gasteiger partial charge is 0.497 e. The van der Waals surface area contributed by atoms with Gasteiger partial charge in [-0.05, 0) is 35.4 Å². The van der Waals surface area contributed by atoms with Crippen LogP contribution in [0.3, 0.4) is 0 Å². The molecule has 1 aliphatic rings. The smallest absolute Gasteiger partial charge is 0.198 e. The van der Waals surface area contributed by atoms with Crippen molar-refractivity contribution in [1.29, 1.82) is 5.26 Å². The van der Waals surface area contributed by atoms with E-state index in [0.29, 0.717) is 0 Å². The van der Waals surface area contributed by atoms with Gasteiger partial charge in [0.05, 0.1) is 12.7 Å². The Balaban J connectivity index is 2.00. The first-order valence-corrected chi connectivity index (χ1v) is 8.74. The van der Waals surface area contributed by atoms with Gasteiger partial charge in [0.15, 0.2) is 5.78 Å². The van der Waals surface area contributed by atoms with E-state index >= 15 is 0 Å². The van der Waals surface area contributed by atoms with Gasteiger partial charge in [0.2, 0.25) is 0 Å². The molecule has 4 heteroatoms. The normalized spacial score (nSPS) is 16.8. The minimum absolute atomic E-state index is 0.117. The average molecular weight is 358 g/mol. The van der Waals surface area contributed by atoms with E-state index in [2.05, 4.69) is 13.8 Å². The number of allylic oxidation sites excluding steroid dienone is 3. The molecular formula is C23H22N2O2. The van der Waals surface area contributed by atoms with Gasteiger partial charge in [-0.25, -0.2) is 0 Å². The maximum atomic E-state index is 12.8. The Hall–Kier alpha value is -3.32. The Kier molecular flexibility index (Phi) is 4.87. The Bertz CT molecular complexity index is 979. The van der Waals surface area contributed by atoms with Crippen molar-refractivity contribution in [2.24, 2.45) is 0 Å². The molecule has 4 nitrogen and oxygen atoms in total. The summed E-state index contributed by atoms with van der Waals surface area (Å²) >= 11 is 0. The maximum absolute atomic E-state index is 12.8. The van der Waals surface area contributed by atoms with Gasteiger partial charge in [0, 0.05) is 29.9 Å². The molecule has 0 saturated carbocycles. The van der Waals surface area contributed by atoms with Gasteiger partial charge in [0.25, 0.3) is 0 Å². The van der Waals surface area contributed by atoms with Crippen LogP contribution in [0.2, 0.25) is 0 Å². The molecule has 0 fully saturated rings. The first kappa shape index (κ1) is 18.5. The highest BCUT2D eigenvalue weighted by molar-refractivity contribution is 6.11. The fourth-order valence-corrected chi connectivity index (χ4v) is 3.48. The third-order valence-electron chi connectivity index (χ3n) is 5.00. The lowest BCUT2D eigenvalue weighted by atomic mass is 9.83. The number of hydrogen-bond donors (Lipinski definition) is 0. The molecule has 3 rings (SSSR count). The highest BCUT2D eigenvalue weighted by Gasteiger charge is 2.39. The third-order valence-corrected chi connectivity index (χ3v) is 5.00. The summed E-state index contributed by atoms with van der Waals surface area (Å²) < 4.78 is 5.35. The van der Waals surface area contributed by atoms with Crippen LogP contribution in [-0.4, -0.2) is 19.9 Å². The molecule has 0 aromatic heterocycles. The summed E-state index contributed by atoms with van der Waals surface area (Å²) in [6.45, 7) is 4.14. The van der Waals surface area contributed by atoms with Crippen LogP contribution in [0.15, 0.2) is 65.9 Å². The first-order valence-electron chi connectivity index (χ1n) is 8.74. The molecule has 27 heavy (non-hydrogen) atoms. The number of carbonyl (C=O) groups excluding carboxylic acids is 1. The molecule has 0 spiro atoms. The van der Waals surface area contributed by atoms with Crippen molar-refractivity contribution in [2.45, 2.75) is 19.3 Å². The Morgan fingerprint density at radius 2 is 1.89 bits per heavy atom. The highest BCUT2D eigenvalue weighted by Crippen LogP contribution is 2.48. The SMILES string of the molecule is COc1ccc2c(c1)C(C)(C)/C(=C/C(=O)/C(C#N)=C/c1ccccc1)N2C. The van der Waals surface area contributed by atoms with Gasteiger partial charge in [-0.3, -0.25) is 4.79 Å². The number of rotatable bonds is 4. The Morgan fingerprint density at radius 3 is 2.52 bits per heavy atom. The molecule has 0 radical (unpaired) electrons. The number of carbonyl (C=O) groups is 1. The zero-order chi connectivity index (χ0) is 19.6. The Labute approximate surface area is 160 Å². The van der Waals surface area contributed by atoms with Gasteiger partial charge in [-0.2, -0.15) is 5.26 Å². The van der Waals surface area contributed by atoms with Crippen molar-refractivity contribution in [2.75, 3.05) is 19.1 Å². The summed E-state index contributed by atoms with van der Waals surface area (Å²) in [4.78, 5) is 14.8. The molecule has 0 unspecified atom stereocenters. The van der Waals surface area contributed by atoms with E-state index in [0.717, 1.165) is 28.3 Å². The van der Waals surface area contributed by atoms with Gasteiger partial charge in [-0.15, -0.1) is 0 Å². The number of fused-ring (bicyclic) bond motifs is 1. The summed E-state index contributed by atoms with van der Waals surface area (Å²) in [6, 6.07) is 17.3. The third kappa shape index (κ3) is 3.37. The second-order valence-corrected chi connectivity index (χ2v) is 7.04. The lowest BCUT2D eigenvalue weighted by molar-refractivity contribution is -0.111. The fraction of sp³-hybridized carbons (Fsp3) is 0.217. The summed E-state index contributed by atoms with van der Waals surface area (Å²) in [5, 5.41) is 9.47. The predicted octanol–water partition coefficient (Wildman–Crippen LogP) is 4.48. The quantitative estimate of drug-likeness (QED) is 0.597. The molecule has 0 aliphatic carbocycles. The van der Waals surface area contributed by atoms with Crippen LogP contribution in [0.25, 0.3) is 6.08 Å². The lowest BCUT2D eigenvalue weighted by Gasteiger charge is -2.23. The number of nitrogens with zero attached hydrogens (tertiary/aromatic N) is 2. The van der Waals surface area contributed by atoms with Crippen molar-refractivity contribution >= 4 is 17.5 Å². The van der Waals surface area contributed by atoms with Gasteiger partial charge in [0.1, 0.15) is 11.8 Å². The second-order valence-electron chi connectivity index (χ2n) is 7.04. The second kappa shape index (κ2) is 7.13. The number of methoxy groups -OCH3 is 1. The summed E-state index contributed by atoms with van der Waals surface area (Å²) in [5.41, 5.74) is 3.55. The fourth-order valence-electron chi connectivity index (χ4n) is 3.48. The molecular weight excluding hydrogens is 336 g/mol. The van der Waals surface area contributed by atoms with Gasteiger partial charge >= 0.3 is 0 Å². The standard InChI is InChI=1S/C23H22N2O2/c1-23(2)19-13-18(27-4)10-11-20(19)25(3)22(23)14-21(26)17(15-24)12-16-8-6-5-7-9-16/h5-14H,1-4H3/b17-12+,22-14-. The van der Waals surface area contributed by atoms with E-state index in [9.17, 15) is 10.1 Å². The maximum Gasteiger partial charge on any atom is 0.198 e. The first-order chi connectivity index (χ1) is 12.9. The van der Waals surface area contributed by atoms with Crippen molar-refractivity contribution < 1.29 is 9.53 Å². The van der Waals surface area contributed by atoms with Crippen molar-refractivity contribution in [1.82, 2.24) is 0 Å². The summed E-state index contributed by atoms with van der Waals surface area (Å²) in [7, 11) is 3.58. The van der Waals surface area contributed by atoms with Crippen LogP contribution in [0, 0.1) is 11.3 Å². The van der Waals surface area contributed by atoms with Crippen LogP contribution in [0.1, 0.15) is 25.0 Å². The predicted molar refractivity (Wildman–Crippen MR) is 108 cm³/mol. The van der Waals surface area contributed by atoms with Crippen molar-refractivity contribution in [3.63, 3.8) is 0 Å². The summed E-state index contributed by atoms with van der Waals surface area (Å²) in [5.74, 6) is 0.487. The summed E-state index contributed by atoms with van der Waals surface area (Å²) in [6.07, 6.45) is 3.20. The van der Waals surface area contributed by atoms with Crippen LogP contribution in [0.5, 0.6) is 5.75 Å². The van der Waals surface area contributed by atoms with Crippen LogP contribution in [-0.2, 0) is 10.2 Å². The molecule has 0 atom stereocenters. The zero-order valence-corrected chi connectivity index (χ0v) is 16.0. The number of ether oxygens (including phenoxy) is 1. The average Bonchev–Trinajstić information content (AvgIpc) is 2.87. The lowest BCUT2D eigenvalue weighted by Crippen LogP contribution is -2.24. The van der Waals surface area contributed by atoms with E-state index in [-0.39, 0.29) is 16.8 Å². The molecule has 2 aromatic carbocycles. The van der Waals surface area contributed by atoms with E-state index in [1.165, 1.54) is 0 Å². The number of likely N-dealkylation sites (N-methyl/N-ethyl adjacent to an activating group) is 1. The number of hydrogen-bond acceptors (Lipinski definition) is 4. The van der Waals surface area contributed by atoms with Crippen molar-refractivity contribution in [3.05, 3.63) is 77.0 Å². The Morgan fingerprint density at radius 1 is 1.19 bits per heavy atom. The zero-order valence-electron chi connectivity index (χ0n) is 16.0. The monoisotopic (exact) mass is 358 g/mol. The molecule has 0 amide bonds. The van der Waals surface area contributed by atoms with Gasteiger partial charge < -0.3 is 9.64 Å². The molecule has 0 saturated heterocycles. The minimum atomic E-state index is -0.373. The van der Waals surface area contributed by atoms with Crippen LogP contribution in [0.4, 0.5) is 5.69 Å². The highest BCUT2D eigenvalue weighted by atomic mass is 16.5. The van der Waals surface area contributed by atoms with E-state index < -0.39 is 0 Å². The van der Waals surface area contributed by atoms with E-state index in [1.54, 1.807) is 19.3 Å². The minimum Gasteiger partial charge on any atom is -0.497 e. The van der Waals surface area contributed by atoms with Crippen LogP contribution < -0.4 is 9.64 Å². The van der Waals surface area contributed by atoms with Gasteiger partial charge in [-0.1, -0.05) is 44.2 Å². The number of nitriles is 1. The molecule has 0 N–H and O–H groups in total. The molecule has 136 valence electrons.